The predicted octanol–water partition coefficient (Wildman–Crippen LogP) is 3.94. The molecule has 11 heteroatoms. The number of halogens is 2. The monoisotopic (exact) mass is 462 g/mol. The van der Waals surface area contributed by atoms with Crippen LogP contribution in [0.3, 0.4) is 0 Å². The van der Waals surface area contributed by atoms with Crippen LogP contribution in [0.2, 0.25) is 0 Å². The number of carbonyl (C=O) groups excluding carboxylic acids is 2. The minimum Gasteiger partial charge on any atom is -0.481 e. The molecule has 1 unspecified atom stereocenters. The minimum atomic E-state index is -2.89. The highest BCUT2D eigenvalue weighted by Crippen LogP contribution is 2.41. The molecule has 178 valence electrons. The lowest BCUT2D eigenvalue weighted by Crippen LogP contribution is -2.44. The van der Waals surface area contributed by atoms with Crippen molar-refractivity contribution in [1.29, 1.82) is 0 Å². The molecular weight excluding hydrogens is 434 g/mol. The fraction of sp³-hybridized carbons (Fsp3) is 0.500. The molecule has 2 aromatic heterocycles. The number of amides is 3. The van der Waals surface area contributed by atoms with Crippen LogP contribution in [0, 0.1) is 6.92 Å². The van der Waals surface area contributed by atoms with Gasteiger partial charge in [-0.1, -0.05) is 26.3 Å². The third kappa shape index (κ3) is 5.71. The third-order valence-electron chi connectivity index (χ3n) is 5.43. The van der Waals surface area contributed by atoms with Gasteiger partial charge in [-0.25, -0.2) is 28.5 Å². The summed E-state index contributed by atoms with van der Waals surface area (Å²) in [4.78, 5) is 39.7. The van der Waals surface area contributed by atoms with E-state index >= 15 is 0 Å². The van der Waals surface area contributed by atoms with E-state index in [0.29, 0.717) is 18.4 Å². The van der Waals surface area contributed by atoms with Crippen LogP contribution in [0.4, 0.5) is 25.2 Å². The SMILES string of the molecule is CCC[C@@H](CC)N(C(=O)Nc1cc(OC)ncn1)c1nc(C(=O)NC2CC2(F)F)ccc1C. The lowest BCUT2D eigenvalue weighted by atomic mass is 10.1. The number of methoxy groups -OCH3 is 1. The first-order valence-electron chi connectivity index (χ1n) is 10.8. The maximum Gasteiger partial charge on any atom is 0.328 e. The number of hydrogen-bond donors (Lipinski definition) is 2. The second-order valence-electron chi connectivity index (χ2n) is 7.92. The Kier molecular flexibility index (Phi) is 7.39. The highest BCUT2D eigenvalue weighted by atomic mass is 19.3. The van der Waals surface area contributed by atoms with E-state index in [4.69, 9.17) is 4.74 Å². The maximum atomic E-state index is 13.4. The molecule has 33 heavy (non-hydrogen) atoms. The number of ether oxygens (including phenoxy) is 1. The molecule has 0 spiro atoms. The van der Waals surface area contributed by atoms with Crippen LogP contribution >= 0.6 is 0 Å². The number of rotatable bonds is 9. The van der Waals surface area contributed by atoms with E-state index in [0.717, 1.165) is 6.42 Å². The molecule has 2 atom stereocenters. The molecule has 1 saturated carbocycles. The Morgan fingerprint density at radius 2 is 2.03 bits per heavy atom. The number of aryl methyl sites for hydroxylation is 1. The second-order valence-corrected chi connectivity index (χ2v) is 7.92. The number of anilines is 2. The van der Waals surface area contributed by atoms with Gasteiger partial charge in [-0.2, -0.15) is 0 Å². The summed E-state index contributed by atoms with van der Waals surface area (Å²) in [5.74, 6) is -2.78. The predicted molar refractivity (Wildman–Crippen MR) is 119 cm³/mol. The maximum absolute atomic E-state index is 13.4. The summed E-state index contributed by atoms with van der Waals surface area (Å²) in [7, 11) is 1.45. The van der Waals surface area contributed by atoms with Crippen LogP contribution in [0.25, 0.3) is 0 Å². The molecule has 0 aliphatic heterocycles. The van der Waals surface area contributed by atoms with Crippen LogP contribution in [-0.4, -0.2) is 52.0 Å². The van der Waals surface area contributed by atoms with E-state index in [9.17, 15) is 18.4 Å². The van der Waals surface area contributed by atoms with Crippen LogP contribution in [-0.2, 0) is 0 Å². The van der Waals surface area contributed by atoms with Crippen molar-refractivity contribution in [3.05, 3.63) is 35.8 Å². The number of aromatic nitrogens is 3. The number of carbonyl (C=O) groups is 2. The fourth-order valence-corrected chi connectivity index (χ4v) is 3.46. The van der Waals surface area contributed by atoms with Crippen LogP contribution in [0.5, 0.6) is 5.88 Å². The van der Waals surface area contributed by atoms with Gasteiger partial charge in [-0.05, 0) is 31.4 Å². The molecule has 0 bridgehead atoms. The Labute approximate surface area is 191 Å². The molecule has 0 aromatic carbocycles. The average Bonchev–Trinajstić information content (AvgIpc) is 3.39. The van der Waals surface area contributed by atoms with Crippen molar-refractivity contribution in [2.24, 2.45) is 0 Å². The van der Waals surface area contributed by atoms with Crippen LogP contribution < -0.4 is 20.3 Å². The second kappa shape index (κ2) is 10.1. The Morgan fingerprint density at radius 3 is 2.64 bits per heavy atom. The topological polar surface area (TPSA) is 109 Å². The molecule has 0 saturated heterocycles. The van der Waals surface area contributed by atoms with Gasteiger partial charge in [0.15, 0.2) is 0 Å². The van der Waals surface area contributed by atoms with Gasteiger partial charge in [0.2, 0.25) is 5.88 Å². The molecule has 2 N–H and O–H groups in total. The Hall–Kier alpha value is -3.37. The molecule has 2 aromatic rings. The number of nitrogens with zero attached hydrogens (tertiary/aromatic N) is 4. The van der Waals surface area contributed by atoms with E-state index in [1.165, 1.54) is 30.5 Å². The third-order valence-corrected chi connectivity index (χ3v) is 5.43. The number of alkyl halides is 2. The van der Waals surface area contributed by atoms with E-state index in [2.05, 4.69) is 25.6 Å². The molecule has 2 heterocycles. The highest BCUT2D eigenvalue weighted by molar-refractivity contribution is 6.02. The molecule has 0 radical (unpaired) electrons. The fourth-order valence-electron chi connectivity index (χ4n) is 3.46. The van der Waals surface area contributed by atoms with E-state index in [-0.39, 0.29) is 35.7 Å². The van der Waals surface area contributed by atoms with Crippen molar-refractivity contribution in [2.75, 3.05) is 17.3 Å². The Morgan fingerprint density at radius 1 is 1.30 bits per heavy atom. The summed E-state index contributed by atoms with van der Waals surface area (Å²) in [5.41, 5.74) is 0.624. The van der Waals surface area contributed by atoms with Gasteiger partial charge in [0, 0.05) is 18.5 Å². The summed E-state index contributed by atoms with van der Waals surface area (Å²) in [6, 6.07) is 2.70. The van der Waals surface area contributed by atoms with Crippen molar-refractivity contribution in [1.82, 2.24) is 20.3 Å². The normalized spacial score (nSPS) is 17.1. The zero-order valence-corrected chi connectivity index (χ0v) is 19.1. The van der Waals surface area contributed by atoms with Crippen molar-refractivity contribution in [3.8, 4) is 5.88 Å². The van der Waals surface area contributed by atoms with E-state index < -0.39 is 23.9 Å². The van der Waals surface area contributed by atoms with Crippen molar-refractivity contribution in [2.45, 2.75) is 64.5 Å². The summed E-state index contributed by atoms with van der Waals surface area (Å²) in [5, 5.41) is 5.03. The molecular formula is C22H28F2N6O3. The van der Waals surface area contributed by atoms with Gasteiger partial charge in [-0.15, -0.1) is 0 Å². The first kappa shape index (κ1) is 24.3. The standard InChI is InChI=1S/C22H28F2N6O3/c1-5-7-14(6-2)30(21(32)29-17-10-18(33-4)26-12-25-17)19-13(3)8-9-15(27-19)20(31)28-16-11-22(16,23)24/h8-10,12,14,16H,5-7,11H2,1-4H3,(H,28,31)(H,25,26,29,32)/t14-,16?/m1/s1. The van der Waals surface area contributed by atoms with E-state index in [1.807, 2.05) is 13.8 Å². The Balaban J connectivity index is 1.92. The molecule has 3 rings (SSSR count). The number of nitrogens with one attached hydrogen (secondary N) is 2. The first-order valence-corrected chi connectivity index (χ1v) is 10.8. The lowest BCUT2D eigenvalue weighted by Gasteiger charge is -2.31. The van der Waals surface area contributed by atoms with Crippen LogP contribution in [0.15, 0.2) is 24.5 Å². The summed E-state index contributed by atoms with van der Waals surface area (Å²) in [6.45, 7) is 5.73. The van der Waals surface area contributed by atoms with Gasteiger partial charge in [0.25, 0.3) is 11.8 Å². The molecule has 1 aliphatic rings. The van der Waals surface area contributed by atoms with Gasteiger partial charge in [0.1, 0.15) is 23.7 Å². The molecule has 3 amide bonds. The number of urea groups is 1. The molecule has 1 aliphatic carbocycles. The van der Waals surface area contributed by atoms with Gasteiger partial charge >= 0.3 is 6.03 Å². The summed E-state index contributed by atoms with van der Waals surface area (Å²) in [6.07, 6.45) is 3.04. The van der Waals surface area contributed by atoms with Crippen LogP contribution in [0.1, 0.15) is 55.6 Å². The van der Waals surface area contributed by atoms with Gasteiger partial charge in [-0.3, -0.25) is 15.0 Å². The van der Waals surface area contributed by atoms with Crippen molar-refractivity contribution in [3.63, 3.8) is 0 Å². The number of pyridine rings is 1. The Bertz CT molecular complexity index is 1020. The van der Waals surface area contributed by atoms with Crippen molar-refractivity contribution < 1.29 is 23.1 Å². The first-order chi connectivity index (χ1) is 15.7. The average molecular weight is 463 g/mol. The molecule has 9 nitrogen and oxygen atoms in total. The smallest absolute Gasteiger partial charge is 0.328 e. The van der Waals surface area contributed by atoms with E-state index in [1.54, 1.807) is 13.0 Å². The summed E-state index contributed by atoms with van der Waals surface area (Å²) < 4.78 is 31.5. The zero-order chi connectivity index (χ0) is 24.2. The van der Waals surface area contributed by atoms with Gasteiger partial charge < -0.3 is 10.1 Å². The van der Waals surface area contributed by atoms with Gasteiger partial charge in [0.05, 0.1) is 13.2 Å². The quantitative estimate of drug-likeness (QED) is 0.584. The largest absolute Gasteiger partial charge is 0.481 e. The number of hydrogen-bond acceptors (Lipinski definition) is 6. The minimum absolute atomic E-state index is 0.0360. The zero-order valence-electron chi connectivity index (χ0n) is 19.1. The molecule has 1 fully saturated rings. The van der Waals surface area contributed by atoms with Crippen molar-refractivity contribution >= 4 is 23.6 Å². The summed E-state index contributed by atoms with van der Waals surface area (Å²) >= 11 is 0. The lowest BCUT2D eigenvalue weighted by molar-refractivity contribution is 0.0845. The highest BCUT2D eigenvalue weighted by Gasteiger charge is 2.58.